The number of amides is 1. The lowest BCUT2D eigenvalue weighted by Gasteiger charge is -2.22. The number of aliphatic hydroxyl groups is 1. The van der Waals surface area contributed by atoms with Crippen molar-refractivity contribution in [2.45, 2.75) is 32.0 Å². The van der Waals surface area contributed by atoms with Crippen LogP contribution in [0.1, 0.15) is 29.0 Å². The van der Waals surface area contributed by atoms with Crippen LogP contribution in [0.3, 0.4) is 0 Å². The normalized spacial score (nSPS) is 19.0. The van der Waals surface area contributed by atoms with Crippen molar-refractivity contribution in [3.05, 3.63) is 66.0 Å². The van der Waals surface area contributed by atoms with Gasteiger partial charge < -0.3 is 19.5 Å². The summed E-state index contributed by atoms with van der Waals surface area (Å²) >= 11 is 0. The predicted molar refractivity (Wildman–Crippen MR) is 115 cm³/mol. The van der Waals surface area contributed by atoms with Crippen LogP contribution in [-0.2, 0) is 0 Å². The van der Waals surface area contributed by atoms with Gasteiger partial charge in [0.25, 0.3) is 5.91 Å². The van der Waals surface area contributed by atoms with Gasteiger partial charge >= 0.3 is 0 Å². The third-order valence-electron chi connectivity index (χ3n) is 5.52. The molecule has 162 valence electrons. The Morgan fingerprint density at radius 2 is 1.81 bits per heavy atom. The Bertz CT molecular complexity index is 1040. The fourth-order valence-electron chi connectivity index (χ4n) is 3.74. The van der Waals surface area contributed by atoms with Crippen LogP contribution in [0, 0.1) is 6.92 Å². The molecule has 0 radical (unpaired) electrons. The molecule has 0 bridgehead atoms. The first-order valence-electron chi connectivity index (χ1n) is 10.3. The first kappa shape index (κ1) is 20.9. The van der Waals surface area contributed by atoms with E-state index in [1.807, 2.05) is 55.5 Å². The van der Waals surface area contributed by atoms with Crippen molar-refractivity contribution >= 4 is 5.91 Å². The molecule has 2 heterocycles. The predicted octanol–water partition coefficient (Wildman–Crippen LogP) is 2.63. The highest BCUT2D eigenvalue weighted by molar-refractivity contribution is 5.93. The fraction of sp³-hybridized carbons (Fsp3) is 0.348. The number of hydrogen-bond donors (Lipinski definition) is 1. The van der Waals surface area contributed by atoms with Gasteiger partial charge in [-0.1, -0.05) is 29.5 Å². The number of aromatic nitrogens is 3. The number of para-hydroxylation sites is 1. The molecule has 8 heteroatoms. The lowest BCUT2D eigenvalue weighted by molar-refractivity contribution is 0.0349. The minimum atomic E-state index is -0.676. The van der Waals surface area contributed by atoms with Crippen LogP contribution in [0.25, 0.3) is 5.69 Å². The molecule has 2 aromatic carbocycles. The molecule has 0 aliphatic carbocycles. The van der Waals surface area contributed by atoms with Crippen LogP contribution >= 0.6 is 0 Å². The number of carbonyl (C=O) groups is 1. The van der Waals surface area contributed by atoms with Crippen LogP contribution in [-0.4, -0.2) is 63.3 Å². The average Bonchev–Trinajstić information content (AvgIpc) is 3.09. The van der Waals surface area contributed by atoms with Crippen LogP contribution in [0.2, 0.25) is 0 Å². The minimum Gasteiger partial charge on any atom is -0.497 e. The van der Waals surface area contributed by atoms with Gasteiger partial charge in [0.1, 0.15) is 17.6 Å². The first-order chi connectivity index (χ1) is 15.1. The van der Waals surface area contributed by atoms with Crippen molar-refractivity contribution in [3.63, 3.8) is 0 Å². The lowest BCUT2D eigenvalue weighted by Crippen LogP contribution is -2.33. The van der Waals surface area contributed by atoms with Crippen LogP contribution in [0.5, 0.6) is 11.5 Å². The summed E-state index contributed by atoms with van der Waals surface area (Å²) in [6.07, 6.45) is -0.154. The number of likely N-dealkylation sites (tertiary alicyclic amines) is 1. The second-order valence-electron chi connectivity index (χ2n) is 7.54. The molecular formula is C23H26N4O4. The Kier molecular flexibility index (Phi) is 6.18. The maximum Gasteiger partial charge on any atom is 0.276 e. The summed E-state index contributed by atoms with van der Waals surface area (Å²) in [5.74, 6) is 1.13. The average molecular weight is 422 g/mol. The number of rotatable bonds is 5. The molecular weight excluding hydrogens is 396 g/mol. The second-order valence-corrected chi connectivity index (χ2v) is 7.54. The molecule has 1 amide bonds. The maximum atomic E-state index is 13.1. The van der Waals surface area contributed by atoms with E-state index in [-0.39, 0.29) is 5.91 Å². The van der Waals surface area contributed by atoms with Crippen molar-refractivity contribution in [2.24, 2.45) is 0 Å². The van der Waals surface area contributed by atoms with E-state index in [0.717, 1.165) is 5.69 Å². The SMILES string of the molecule is COc1cccc(O[C@H]2CCN(C(=O)c3nnn(-c4ccccc4)c3C)CC[C@@H]2O)c1. The standard InChI is InChI=1S/C23H26N4O4/c1-16-22(24-25-27(16)17-7-4-3-5-8-17)23(29)26-13-11-20(28)21(12-14-26)31-19-10-6-9-18(15-19)30-2/h3-10,15,20-21,28H,11-14H2,1-2H3/t20-,21-/m0/s1. The quantitative estimate of drug-likeness (QED) is 0.680. The molecule has 1 aromatic heterocycles. The van der Waals surface area contributed by atoms with Gasteiger partial charge in [-0.2, -0.15) is 0 Å². The van der Waals surface area contributed by atoms with Gasteiger partial charge in [0, 0.05) is 25.6 Å². The highest BCUT2D eigenvalue weighted by atomic mass is 16.5. The number of hydrogen-bond acceptors (Lipinski definition) is 6. The Labute approximate surface area is 181 Å². The maximum absolute atomic E-state index is 13.1. The van der Waals surface area contributed by atoms with Gasteiger partial charge in [0.15, 0.2) is 5.69 Å². The number of carbonyl (C=O) groups excluding carboxylic acids is 1. The highest BCUT2D eigenvalue weighted by Crippen LogP contribution is 2.24. The Morgan fingerprint density at radius 3 is 2.58 bits per heavy atom. The van der Waals surface area contributed by atoms with E-state index in [1.54, 1.807) is 22.8 Å². The fourth-order valence-corrected chi connectivity index (χ4v) is 3.74. The molecule has 31 heavy (non-hydrogen) atoms. The molecule has 0 saturated carbocycles. The Morgan fingerprint density at radius 1 is 1.06 bits per heavy atom. The molecule has 3 aromatic rings. The van der Waals surface area contributed by atoms with E-state index < -0.39 is 12.2 Å². The number of benzene rings is 2. The molecule has 4 rings (SSSR count). The summed E-state index contributed by atoms with van der Waals surface area (Å²) in [6.45, 7) is 2.72. The molecule has 8 nitrogen and oxygen atoms in total. The largest absolute Gasteiger partial charge is 0.497 e. The van der Waals surface area contributed by atoms with Gasteiger partial charge in [-0.25, -0.2) is 4.68 Å². The topological polar surface area (TPSA) is 89.7 Å². The van der Waals surface area contributed by atoms with Crippen LogP contribution in [0.4, 0.5) is 0 Å². The number of nitrogens with zero attached hydrogens (tertiary/aromatic N) is 4. The zero-order valence-corrected chi connectivity index (χ0v) is 17.6. The third-order valence-corrected chi connectivity index (χ3v) is 5.52. The molecule has 0 unspecified atom stereocenters. The molecule has 1 fully saturated rings. The van der Waals surface area contributed by atoms with Gasteiger partial charge in [-0.05, 0) is 37.6 Å². The monoisotopic (exact) mass is 422 g/mol. The molecule has 2 atom stereocenters. The van der Waals surface area contributed by atoms with E-state index in [1.165, 1.54) is 0 Å². The molecule has 1 aliphatic heterocycles. The van der Waals surface area contributed by atoms with Crippen molar-refractivity contribution < 1.29 is 19.4 Å². The summed E-state index contributed by atoms with van der Waals surface area (Å²) in [5, 5.41) is 18.9. The Balaban J connectivity index is 1.46. The summed E-state index contributed by atoms with van der Waals surface area (Å²) in [7, 11) is 1.60. The molecule has 0 spiro atoms. The van der Waals surface area contributed by atoms with Crippen LogP contribution in [0.15, 0.2) is 54.6 Å². The summed E-state index contributed by atoms with van der Waals surface area (Å²) in [6, 6.07) is 16.9. The van der Waals surface area contributed by atoms with E-state index in [4.69, 9.17) is 9.47 Å². The van der Waals surface area contributed by atoms with Crippen molar-refractivity contribution in [2.75, 3.05) is 20.2 Å². The van der Waals surface area contributed by atoms with Gasteiger partial charge in [0.2, 0.25) is 0 Å². The second kappa shape index (κ2) is 9.18. The Hall–Kier alpha value is -3.39. The van der Waals surface area contributed by atoms with Gasteiger partial charge in [0.05, 0.1) is 24.6 Å². The summed E-state index contributed by atoms with van der Waals surface area (Å²) in [4.78, 5) is 14.9. The van der Waals surface area contributed by atoms with E-state index in [9.17, 15) is 9.90 Å². The number of methoxy groups -OCH3 is 1. The summed E-state index contributed by atoms with van der Waals surface area (Å²) in [5.41, 5.74) is 1.86. The van der Waals surface area contributed by atoms with Crippen molar-refractivity contribution in [3.8, 4) is 17.2 Å². The number of aliphatic hydroxyl groups excluding tert-OH is 1. The van der Waals surface area contributed by atoms with Gasteiger partial charge in [-0.15, -0.1) is 5.10 Å². The third kappa shape index (κ3) is 4.54. The van der Waals surface area contributed by atoms with Gasteiger partial charge in [-0.3, -0.25) is 4.79 Å². The van der Waals surface area contributed by atoms with E-state index >= 15 is 0 Å². The first-order valence-corrected chi connectivity index (χ1v) is 10.3. The van der Waals surface area contributed by atoms with E-state index in [2.05, 4.69) is 10.3 Å². The lowest BCUT2D eigenvalue weighted by atomic mass is 10.1. The molecule has 1 N–H and O–H groups in total. The zero-order valence-electron chi connectivity index (χ0n) is 17.6. The summed E-state index contributed by atoms with van der Waals surface area (Å²) < 4.78 is 12.9. The zero-order chi connectivity index (χ0) is 21.8. The molecule has 1 aliphatic rings. The smallest absolute Gasteiger partial charge is 0.276 e. The highest BCUT2D eigenvalue weighted by Gasteiger charge is 2.31. The van der Waals surface area contributed by atoms with Crippen LogP contribution < -0.4 is 9.47 Å². The van der Waals surface area contributed by atoms with Crippen molar-refractivity contribution in [1.29, 1.82) is 0 Å². The van der Waals surface area contributed by atoms with Crippen molar-refractivity contribution in [1.82, 2.24) is 19.9 Å². The number of ether oxygens (including phenoxy) is 2. The minimum absolute atomic E-state index is 0.186. The molecule has 1 saturated heterocycles. The van der Waals surface area contributed by atoms with E-state index in [0.29, 0.717) is 48.8 Å².